The molecule has 1 amide bonds. The van der Waals surface area contributed by atoms with Crippen LogP contribution in [0, 0.1) is 0 Å². The fourth-order valence-electron chi connectivity index (χ4n) is 1.29. The Morgan fingerprint density at radius 2 is 2.19 bits per heavy atom. The fourth-order valence-corrected chi connectivity index (χ4v) is 1.29. The van der Waals surface area contributed by atoms with Crippen LogP contribution in [0.25, 0.3) is 0 Å². The molecule has 0 unspecified atom stereocenters. The Kier molecular flexibility index (Phi) is 4.69. The van der Waals surface area contributed by atoms with Crippen LogP contribution in [0.5, 0.6) is 0 Å². The van der Waals surface area contributed by atoms with Gasteiger partial charge in [-0.05, 0) is 12.5 Å². The normalized spacial score (nSPS) is 10.1. The largest absolute Gasteiger partial charge is 0.351 e. The van der Waals surface area contributed by atoms with Crippen molar-refractivity contribution in [3.05, 3.63) is 28.2 Å². The maximum atomic E-state index is 11.6. The first-order chi connectivity index (χ1) is 7.65. The number of hydrogen-bond acceptors (Lipinski definition) is 3. The average molecular weight is 223 g/mol. The zero-order chi connectivity index (χ0) is 12.0. The molecule has 0 aliphatic carbocycles. The minimum absolute atomic E-state index is 0.220. The summed E-state index contributed by atoms with van der Waals surface area (Å²) < 4.78 is 1.15. The van der Waals surface area contributed by atoms with E-state index >= 15 is 0 Å². The lowest BCUT2D eigenvalue weighted by Gasteiger charge is -2.04. The van der Waals surface area contributed by atoms with Crippen molar-refractivity contribution in [2.24, 2.45) is 7.05 Å². The van der Waals surface area contributed by atoms with Crippen LogP contribution in [0.3, 0.4) is 0 Å². The quantitative estimate of drug-likeness (QED) is 0.747. The number of hydrogen-bond donors (Lipinski definition) is 1. The lowest BCUT2D eigenvalue weighted by molar-refractivity contribution is 0.0945. The summed E-state index contributed by atoms with van der Waals surface area (Å²) in [5, 5.41) is 6.63. The Labute approximate surface area is 94.5 Å². The van der Waals surface area contributed by atoms with E-state index in [2.05, 4.69) is 17.3 Å². The lowest BCUT2D eigenvalue weighted by atomic mass is 10.2. The first kappa shape index (κ1) is 12.4. The molecule has 1 N–H and O–H groups in total. The molecular formula is C11H17N3O2. The third-order valence-electron chi connectivity index (χ3n) is 2.26. The summed E-state index contributed by atoms with van der Waals surface area (Å²) in [5.74, 6) is -0.230. The van der Waals surface area contributed by atoms with Crippen LogP contribution in [-0.4, -0.2) is 22.2 Å². The van der Waals surface area contributed by atoms with Gasteiger partial charge in [-0.2, -0.15) is 5.10 Å². The van der Waals surface area contributed by atoms with Gasteiger partial charge in [0.15, 0.2) is 0 Å². The third kappa shape index (κ3) is 3.49. The molecule has 5 heteroatoms. The van der Waals surface area contributed by atoms with E-state index in [0.717, 1.165) is 23.9 Å². The highest BCUT2D eigenvalue weighted by molar-refractivity contribution is 5.91. The Bertz CT molecular complexity index is 412. The van der Waals surface area contributed by atoms with E-state index in [1.807, 2.05) is 0 Å². The predicted molar refractivity (Wildman–Crippen MR) is 61.3 cm³/mol. The highest BCUT2D eigenvalue weighted by Crippen LogP contribution is 1.93. The highest BCUT2D eigenvalue weighted by atomic mass is 16.2. The van der Waals surface area contributed by atoms with Crippen molar-refractivity contribution in [1.82, 2.24) is 15.1 Å². The number of nitrogens with zero attached hydrogens (tertiary/aromatic N) is 2. The van der Waals surface area contributed by atoms with Gasteiger partial charge in [-0.3, -0.25) is 9.59 Å². The van der Waals surface area contributed by atoms with E-state index in [1.54, 1.807) is 0 Å². The standard InChI is InChI=1S/C11H17N3O2/c1-3-4-5-8-12-11(16)9-6-7-10(15)14(2)13-9/h6-7H,3-5,8H2,1-2H3,(H,12,16). The van der Waals surface area contributed by atoms with Gasteiger partial charge in [0, 0.05) is 19.7 Å². The van der Waals surface area contributed by atoms with Gasteiger partial charge in [0.2, 0.25) is 0 Å². The molecule has 0 aliphatic heterocycles. The van der Waals surface area contributed by atoms with Gasteiger partial charge in [-0.25, -0.2) is 4.68 Å². The molecule has 1 aromatic rings. The minimum atomic E-state index is -0.230. The molecular weight excluding hydrogens is 206 g/mol. The molecule has 0 spiro atoms. The molecule has 1 heterocycles. The van der Waals surface area contributed by atoms with Gasteiger partial charge < -0.3 is 5.32 Å². The molecule has 0 fully saturated rings. The Hall–Kier alpha value is -1.65. The van der Waals surface area contributed by atoms with Crippen molar-refractivity contribution in [1.29, 1.82) is 0 Å². The van der Waals surface area contributed by atoms with Crippen molar-refractivity contribution in [3.8, 4) is 0 Å². The molecule has 0 bridgehead atoms. The first-order valence-electron chi connectivity index (χ1n) is 5.47. The summed E-state index contributed by atoms with van der Waals surface area (Å²) in [6.07, 6.45) is 3.18. The van der Waals surface area contributed by atoms with Crippen LogP contribution in [-0.2, 0) is 7.05 Å². The molecule has 0 aliphatic rings. The SMILES string of the molecule is CCCCCNC(=O)c1ccc(=O)n(C)n1. The number of rotatable bonds is 5. The summed E-state index contributed by atoms with van der Waals surface area (Å²) in [7, 11) is 1.52. The number of carbonyl (C=O) groups excluding carboxylic acids is 1. The molecule has 0 saturated carbocycles. The Morgan fingerprint density at radius 3 is 2.81 bits per heavy atom. The van der Waals surface area contributed by atoms with Gasteiger partial charge in [0.1, 0.15) is 5.69 Å². The first-order valence-corrected chi connectivity index (χ1v) is 5.47. The van der Waals surface area contributed by atoms with E-state index in [9.17, 15) is 9.59 Å². The topological polar surface area (TPSA) is 64.0 Å². The van der Waals surface area contributed by atoms with Crippen LogP contribution in [0.2, 0.25) is 0 Å². The van der Waals surface area contributed by atoms with Crippen LogP contribution >= 0.6 is 0 Å². The number of aromatic nitrogens is 2. The monoisotopic (exact) mass is 223 g/mol. The zero-order valence-corrected chi connectivity index (χ0v) is 9.69. The van der Waals surface area contributed by atoms with Crippen molar-refractivity contribution in [2.45, 2.75) is 26.2 Å². The maximum Gasteiger partial charge on any atom is 0.271 e. The van der Waals surface area contributed by atoms with Crippen molar-refractivity contribution < 1.29 is 4.79 Å². The van der Waals surface area contributed by atoms with E-state index in [0.29, 0.717) is 6.54 Å². The third-order valence-corrected chi connectivity index (χ3v) is 2.26. The highest BCUT2D eigenvalue weighted by Gasteiger charge is 2.06. The molecule has 1 aromatic heterocycles. The molecule has 0 saturated heterocycles. The predicted octanol–water partition coefficient (Wildman–Crippen LogP) is 0.700. The maximum absolute atomic E-state index is 11.6. The molecule has 16 heavy (non-hydrogen) atoms. The van der Waals surface area contributed by atoms with Crippen LogP contribution in [0.4, 0.5) is 0 Å². The lowest BCUT2D eigenvalue weighted by Crippen LogP contribution is -2.29. The van der Waals surface area contributed by atoms with Crippen LogP contribution in [0.15, 0.2) is 16.9 Å². The van der Waals surface area contributed by atoms with Gasteiger partial charge in [-0.15, -0.1) is 0 Å². The average Bonchev–Trinajstić information content (AvgIpc) is 2.28. The number of amides is 1. The van der Waals surface area contributed by atoms with Crippen LogP contribution in [0.1, 0.15) is 36.7 Å². The molecule has 0 atom stereocenters. The number of unbranched alkanes of at least 4 members (excludes halogenated alkanes) is 2. The summed E-state index contributed by atoms with van der Waals surface area (Å²) in [6.45, 7) is 2.76. The molecule has 88 valence electrons. The molecule has 1 rings (SSSR count). The van der Waals surface area contributed by atoms with E-state index in [-0.39, 0.29) is 17.2 Å². The summed E-state index contributed by atoms with van der Waals surface area (Å²) >= 11 is 0. The van der Waals surface area contributed by atoms with Crippen LogP contribution < -0.4 is 10.9 Å². The molecule has 5 nitrogen and oxygen atoms in total. The Balaban J connectivity index is 2.53. The summed E-state index contributed by atoms with van der Waals surface area (Å²) in [6, 6.07) is 2.78. The van der Waals surface area contributed by atoms with Gasteiger partial charge >= 0.3 is 0 Å². The number of carbonyl (C=O) groups is 1. The van der Waals surface area contributed by atoms with E-state index in [1.165, 1.54) is 19.2 Å². The second-order valence-corrected chi connectivity index (χ2v) is 3.64. The van der Waals surface area contributed by atoms with Crippen molar-refractivity contribution in [2.75, 3.05) is 6.54 Å². The van der Waals surface area contributed by atoms with Gasteiger partial charge in [0.25, 0.3) is 11.5 Å². The number of nitrogens with one attached hydrogen (secondary N) is 1. The Morgan fingerprint density at radius 1 is 1.44 bits per heavy atom. The van der Waals surface area contributed by atoms with E-state index in [4.69, 9.17) is 0 Å². The number of aryl methyl sites for hydroxylation is 1. The van der Waals surface area contributed by atoms with E-state index < -0.39 is 0 Å². The van der Waals surface area contributed by atoms with Crippen molar-refractivity contribution in [3.63, 3.8) is 0 Å². The zero-order valence-electron chi connectivity index (χ0n) is 9.69. The van der Waals surface area contributed by atoms with Crippen molar-refractivity contribution >= 4 is 5.91 Å². The second kappa shape index (κ2) is 6.05. The molecule has 0 radical (unpaired) electrons. The minimum Gasteiger partial charge on any atom is -0.351 e. The smallest absolute Gasteiger partial charge is 0.271 e. The van der Waals surface area contributed by atoms with Gasteiger partial charge in [-0.1, -0.05) is 19.8 Å². The summed E-state index contributed by atoms with van der Waals surface area (Å²) in [4.78, 5) is 22.6. The van der Waals surface area contributed by atoms with Gasteiger partial charge in [0.05, 0.1) is 0 Å². The fraction of sp³-hybridized carbons (Fsp3) is 0.545. The summed E-state index contributed by atoms with van der Waals surface area (Å²) in [5.41, 5.74) is 0.0566. The second-order valence-electron chi connectivity index (χ2n) is 3.64. The molecule has 0 aromatic carbocycles.